The largest absolute Gasteiger partial charge is 0.381 e. The number of nitrogens with zero attached hydrogens (tertiary/aromatic N) is 3. The molecule has 0 aliphatic rings. The molecule has 0 atom stereocenters. The lowest BCUT2D eigenvalue weighted by Crippen LogP contribution is -2.30. The van der Waals surface area contributed by atoms with E-state index in [0.29, 0.717) is 57.1 Å². The number of aryl methyl sites for hydroxylation is 2. The first-order chi connectivity index (χ1) is 15.2. The van der Waals surface area contributed by atoms with Gasteiger partial charge in [0.1, 0.15) is 5.82 Å². The second-order valence-electron chi connectivity index (χ2n) is 8.18. The van der Waals surface area contributed by atoms with Gasteiger partial charge in [0, 0.05) is 52.2 Å². The number of hydrogen-bond acceptors (Lipinski definition) is 5. The van der Waals surface area contributed by atoms with Gasteiger partial charge in [0.05, 0.1) is 15.9 Å². The zero-order valence-electron chi connectivity index (χ0n) is 20.1. The number of amides is 1. The van der Waals surface area contributed by atoms with Crippen LogP contribution in [-0.2, 0) is 32.5 Å². The number of benzene rings is 1. The van der Waals surface area contributed by atoms with Crippen molar-refractivity contribution in [3.8, 4) is 0 Å². The Morgan fingerprint density at radius 2 is 1.94 bits per heavy atom. The molecule has 0 radical (unpaired) electrons. The molecule has 180 valence electrons. The number of nitrogens with one attached hydrogen (secondary N) is 1. The van der Waals surface area contributed by atoms with E-state index in [1.807, 2.05) is 31.4 Å². The Bertz CT molecular complexity index is 981. The fraction of sp³-hybridized carbons (Fsp3) is 0.652. The molecule has 8 nitrogen and oxygen atoms in total. The molecule has 1 amide bonds. The summed E-state index contributed by atoms with van der Waals surface area (Å²) in [5, 5.41) is 2.93. The molecule has 9 heteroatoms. The van der Waals surface area contributed by atoms with Crippen LogP contribution in [0, 0.1) is 5.92 Å². The SMILES string of the molecule is CCN(CC)S(=O)(=O)c1ccc2c(c1)nc(CCC(=O)NCCCOCC(C)C)n2CC. The Morgan fingerprint density at radius 1 is 1.22 bits per heavy atom. The van der Waals surface area contributed by atoms with Crippen molar-refractivity contribution in [3.05, 3.63) is 24.0 Å². The van der Waals surface area contributed by atoms with Crippen LogP contribution in [0.3, 0.4) is 0 Å². The molecule has 0 aliphatic carbocycles. The Labute approximate surface area is 192 Å². The Hall–Kier alpha value is -1.97. The van der Waals surface area contributed by atoms with Crippen molar-refractivity contribution in [1.29, 1.82) is 0 Å². The van der Waals surface area contributed by atoms with E-state index in [0.717, 1.165) is 24.4 Å². The molecular weight excluding hydrogens is 428 g/mol. The summed E-state index contributed by atoms with van der Waals surface area (Å²) in [6.07, 6.45) is 1.62. The number of ether oxygens (including phenoxy) is 1. The van der Waals surface area contributed by atoms with Crippen LogP contribution in [0.15, 0.2) is 23.1 Å². The highest BCUT2D eigenvalue weighted by molar-refractivity contribution is 7.89. The molecule has 0 spiro atoms. The smallest absolute Gasteiger partial charge is 0.243 e. The van der Waals surface area contributed by atoms with E-state index < -0.39 is 10.0 Å². The number of hydrogen-bond donors (Lipinski definition) is 1. The molecule has 0 fully saturated rings. The van der Waals surface area contributed by atoms with E-state index in [1.165, 1.54) is 4.31 Å². The van der Waals surface area contributed by atoms with Crippen LogP contribution in [0.4, 0.5) is 0 Å². The van der Waals surface area contributed by atoms with E-state index in [1.54, 1.807) is 12.1 Å². The van der Waals surface area contributed by atoms with E-state index >= 15 is 0 Å². The van der Waals surface area contributed by atoms with E-state index in [-0.39, 0.29) is 10.8 Å². The Kier molecular flexibility index (Phi) is 10.1. The summed E-state index contributed by atoms with van der Waals surface area (Å²) in [5.41, 5.74) is 1.52. The minimum absolute atomic E-state index is 0.0200. The van der Waals surface area contributed by atoms with Crippen LogP contribution >= 0.6 is 0 Å². The summed E-state index contributed by atoms with van der Waals surface area (Å²) in [7, 11) is -3.54. The number of carbonyl (C=O) groups is 1. The second-order valence-corrected chi connectivity index (χ2v) is 10.1. The highest BCUT2D eigenvalue weighted by atomic mass is 32.2. The summed E-state index contributed by atoms with van der Waals surface area (Å²) in [4.78, 5) is 17.1. The summed E-state index contributed by atoms with van der Waals surface area (Å²) in [6.45, 7) is 13.4. The highest BCUT2D eigenvalue weighted by Gasteiger charge is 2.23. The molecule has 1 aromatic heterocycles. The predicted molar refractivity (Wildman–Crippen MR) is 127 cm³/mol. The van der Waals surface area contributed by atoms with Gasteiger partial charge in [0.15, 0.2) is 0 Å². The molecule has 0 aliphatic heterocycles. The molecule has 1 N–H and O–H groups in total. The van der Waals surface area contributed by atoms with Gasteiger partial charge >= 0.3 is 0 Å². The van der Waals surface area contributed by atoms with E-state index in [4.69, 9.17) is 4.74 Å². The predicted octanol–water partition coefficient (Wildman–Crippen LogP) is 3.20. The van der Waals surface area contributed by atoms with Gasteiger partial charge < -0.3 is 14.6 Å². The van der Waals surface area contributed by atoms with Crippen LogP contribution in [0.1, 0.15) is 53.3 Å². The van der Waals surface area contributed by atoms with Crippen molar-refractivity contribution < 1.29 is 17.9 Å². The van der Waals surface area contributed by atoms with Crippen molar-refractivity contribution in [1.82, 2.24) is 19.2 Å². The molecule has 0 saturated heterocycles. The van der Waals surface area contributed by atoms with Gasteiger partial charge in [-0.15, -0.1) is 0 Å². The van der Waals surface area contributed by atoms with Crippen LogP contribution in [0.5, 0.6) is 0 Å². The number of sulfonamides is 1. The van der Waals surface area contributed by atoms with Gasteiger partial charge in [-0.1, -0.05) is 27.7 Å². The highest BCUT2D eigenvalue weighted by Crippen LogP contribution is 2.23. The molecule has 1 aromatic carbocycles. The molecular formula is C23H38N4O4S. The molecule has 2 rings (SSSR count). The molecule has 0 saturated carbocycles. The van der Waals surface area contributed by atoms with Crippen LogP contribution in [0.25, 0.3) is 11.0 Å². The monoisotopic (exact) mass is 466 g/mol. The molecule has 32 heavy (non-hydrogen) atoms. The number of aromatic nitrogens is 2. The minimum atomic E-state index is -3.54. The third kappa shape index (κ3) is 6.76. The number of rotatable bonds is 14. The van der Waals surface area contributed by atoms with Gasteiger partial charge in [-0.2, -0.15) is 4.31 Å². The molecule has 1 heterocycles. The standard InChI is InChI=1S/C23H38N4O4S/c1-6-26(7-2)32(29,30)19-10-11-21-20(16-19)25-22(27(21)8-3)12-13-23(28)24-14-9-15-31-17-18(4)5/h10-11,16,18H,6-9,12-15,17H2,1-5H3,(H,24,28). The average Bonchev–Trinajstić information content (AvgIpc) is 3.11. The van der Waals surface area contributed by atoms with E-state index in [9.17, 15) is 13.2 Å². The maximum atomic E-state index is 12.8. The number of fused-ring (bicyclic) bond motifs is 1. The number of carbonyl (C=O) groups excluding carboxylic acids is 1. The summed E-state index contributed by atoms with van der Waals surface area (Å²) < 4.78 is 34.7. The average molecular weight is 467 g/mol. The van der Waals surface area contributed by atoms with Gasteiger partial charge in [-0.05, 0) is 37.5 Å². The van der Waals surface area contributed by atoms with Crippen molar-refractivity contribution in [3.63, 3.8) is 0 Å². The Balaban J connectivity index is 2.02. The van der Waals surface area contributed by atoms with Gasteiger partial charge in [0.25, 0.3) is 0 Å². The quantitative estimate of drug-likeness (QED) is 0.432. The van der Waals surface area contributed by atoms with Crippen LogP contribution in [0.2, 0.25) is 0 Å². The fourth-order valence-electron chi connectivity index (χ4n) is 3.61. The fourth-order valence-corrected chi connectivity index (χ4v) is 5.09. The zero-order chi connectivity index (χ0) is 23.7. The van der Waals surface area contributed by atoms with Gasteiger partial charge in [0.2, 0.25) is 15.9 Å². The normalized spacial score (nSPS) is 12.2. The Morgan fingerprint density at radius 3 is 2.56 bits per heavy atom. The lowest BCUT2D eigenvalue weighted by molar-refractivity contribution is -0.121. The van der Waals surface area contributed by atoms with Gasteiger partial charge in [-0.3, -0.25) is 4.79 Å². The van der Waals surface area contributed by atoms with Crippen molar-refractivity contribution >= 4 is 27.0 Å². The third-order valence-electron chi connectivity index (χ3n) is 5.27. The number of imidazole rings is 1. The summed E-state index contributed by atoms with van der Waals surface area (Å²) in [6, 6.07) is 5.08. The third-order valence-corrected chi connectivity index (χ3v) is 7.32. The molecule has 0 bridgehead atoms. The summed E-state index contributed by atoms with van der Waals surface area (Å²) in [5.74, 6) is 1.28. The van der Waals surface area contributed by atoms with Crippen molar-refractivity contribution in [2.45, 2.75) is 65.3 Å². The lowest BCUT2D eigenvalue weighted by atomic mass is 10.2. The topological polar surface area (TPSA) is 93.5 Å². The maximum absolute atomic E-state index is 12.8. The van der Waals surface area contributed by atoms with E-state index in [2.05, 4.69) is 24.1 Å². The van der Waals surface area contributed by atoms with Crippen molar-refractivity contribution in [2.24, 2.45) is 5.92 Å². The van der Waals surface area contributed by atoms with Crippen molar-refractivity contribution in [2.75, 3.05) is 32.8 Å². The first-order valence-electron chi connectivity index (χ1n) is 11.6. The molecule has 0 unspecified atom stereocenters. The maximum Gasteiger partial charge on any atom is 0.243 e. The van der Waals surface area contributed by atoms with Gasteiger partial charge in [-0.25, -0.2) is 13.4 Å². The van der Waals surface area contributed by atoms with Crippen LogP contribution in [-0.4, -0.2) is 61.0 Å². The first-order valence-corrected chi connectivity index (χ1v) is 13.0. The van der Waals surface area contributed by atoms with Crippen LogP contribution < -0.4 is 5.32 Å². The summed E-state index contributed by atoms with van der Waals surface area (Å²) >= 11 is 0. The minimum Gasteiger partial charge on any atom is -0.381 e. The zero-order valence-corrected chi connectivity index (χ0v) is 20.9. The first kappa shape index (κ1) is 26.3. The second kappa shape index (κ2) is 12.3. The molecule has 2 aromatic rings. The lowest BCUT2D eigenvalue weighted by Gasteiger charge is -2.18.